The molecule has 23 heavy (non-hydrogen) atoms. The number of carboxylic acid groups (broad SMARTS) is 1. The highest BCUT2D eigenvalue weighted by Crippen LogP contribution is 2.17. The van der Waals surface area contributed by atoms with Crippen molar-refractivity contribution in [1.82, 2.24) is 15.1 Å². The van der Waals surface area contributed by atoms with Crippen molar-refractivity contribution in [2.75, 3.05) is 33.2 Å². The predicted molar refractivity (Wildman–Crippen MR) is 94.1 cm³/mol. The molecule has 0 aliphatic carbocycles. The molecule has 1 fully saturated rings. The summed E-state index contributed by atoms with van der Waals surface area (Å²) in [7, 11) is 1.86. The lowest BCUT2D eigenvalue weighted by Crippen LogP contribution is -2.51. The number of hydrogen-bond acceptors (Lipinski definition) is 4. The van der Waals surface area contributed by atoms with Crippen molar-refractivity contribution < 1.29 is 14.7 Å². The molecule has 0 aromatic carbocycles. The molecule has 0 bridgehead atoms. The number of unbranched alkanes of at least 4 members (excludes halogenated alkanes) is 2. The highest BCUT2D eigenvalue weighted by Gasteiger charge is 2.28. The molecule has 0 aromatic heterocycles. The number of carboxylic acids is 1. The van der Waals surface area contributed by atoms with Crippen LogP contribution >= 0.6 is 12.4 Å². The van der Waals surface area contributed by atoms with Gasteiger partial charge in [-0.05, 0) is 33.2 Å². The smallest absolute Gasteiger partial charge is 0.317 e. The molecule has 1 heterocycles. The highest BCUT2D eigenvalue weighted by molar-refractivity contribution is 5.85. The fourth-order valence-corrected chi connectivity index (χ4v) is 2.96. The SMILES string of the molecule is CCCCCNC(=O)C(C)N1CCC(N(C)CC(=O)O)CC1.Cl. The quantitative estimate of drug-likeness (QED) is 0.618. The molecule has 1 atom stereocenters. The van der Waals surface area contributed by atoms with Gasteiger partial charge in [0.05, 0.1) is 12.6 Å². The van der Waals surface area contributed by atoms with Crippen LogP contribution < -0.4 is 5.32 Å². The topological polar surface area (TPSA) is 72.9 Å². The zero-order valence-electron chi connectivity index (χ0n) is 14.6. The maximum atomic E-state index is 12.1. The molecule has 136 valence electrons. The maximum Gasteiger partial charge on any atom is 0.317 e. The normalized spacial score (nSPS) is 17.6. The Morgan fingerprint density at radius 3 is 2.43 bits per heavy atom. The summed E-state index contributed by atoms with van der Waals surface area (Å²) in [5, 5.41) is 11.8. The fraction of sp³-hybridized carbons (Fsp3) is 0.875. The van der Waals surface area contributed by atoms with Crippen LogP contribution in [0, 0.1) is 0 Å². The van der Waals surface area contributed by atoms with Crippen LogP contribution in [0.1, 0.15) is 46.0 Å². The number of likely N-dealkylation sites (N-methyl/N-ethyl adjacent to an activating group) is 1. The number of amides is 1. The van der Waals surface area contributed by atoms with Crippen LogP contribution in [0.3, 0.4) is 0 Å². The van der Waals surface area contributed by atoms with E-state index in [0.717, 1.165) is 51.7 Å². The molecule has 1 saturated heterocycles. The van der Waals surface area contributed by atoms with E-state index in [1.807, 2.05) is 18.9 Å². The Kier molecular flexibility index (Phi) is 11.2. The first kappa shape index (κ1) is 22.1. The van der Waals surface area contributed by atoms with Crippen LogP contribution in [0.15, 0.2) is 0 Å². The zero-order valence-corrected chi connectivity index (χ0v) is 15.4. The van der Waals surface area contributed by atoms with Gasteiger partial charge in [-0.2, -0.15) is 0 Å². The molecule has 2 N–H and O–H groups in total. The number of carbonyl (C=O) groups is 2. The highest BCUT2D eigenvalue weighted by atomic mass is 35.5. The number of carbonyl (C=O) groups excluding carboxylic acids is 1. The molecule has 0 saturated carbocycles. The first-order valence-corrected chi connectivity index (χ1v) is 8.39. The molecule has 0 aromatic rings. The van der Waals surface area contributed by atoms with Crippen LogP contribution in [0.25, 0.3) is 0 Å². The second kappa shape index (κ2) is 11.6. The first-order valence-electron chi connectivity index (χ1n) is 8.39. The largest absolute Gasteiger partial charge is 0.480 e. The van der Waals surface area contributed by atoms with E-state index in [9.17, 15) is 9.59 Å². The number of piperidine rings is 1. The Morgan fingerprint density at radius 1 is 1.30 bits per heavy atom. The molecular weight excluding hydrogens is 318 g/mol. The third kappa shape index (κ3) is 7.99. The molecule has 0 spiro atoms. The third-order valence-corrected chi connectivity index (χ3v) is 4.51. The van der Waals surface area contributed by atoms with Gasteiger partial charge < -0.3 is 10.4 Å². The number of likely N-dealkylation sites (tertiary alicyclic amines) is 1. The number of nitrogens with one attached hydrogen (secondary N) is 1. The van der Waals surface area contributed by atoms with Gasteiger partial charge in [0.15, 0.2) is 0 Å². The van der Waals surface area contributed by atoms with Gasteiger partial charge in [0.1, 0.15) is 0 Å². The monoisotopic (exact) mass is 349 g/mol. The summed E-state index contributed by atoms with van der Waals surface area (Å²) >= 11 is 0. The molecule has 1 rings (SSSR count). The second-order valence-corrected chi connectivity index (χ2v) is 6.25. The second-order valence-electron chi connectivity index (χ2n) is 6.25. The molecule has 6 nitrogen and oxygen atoms in total. The lowest BCUT2D eigenvalue weighted by Gasteiger charge is -2.38. The molecule has 1 unspecified atom stereocenters. The lowest BCUT2D eigenvalue weighted by atomic mass is 10.0. The summed E-state index contributed by atoms with van der Waals surface area (Å²) in [4.78, 5) is 27.0. The molecule has 1 aliphatic heterocycles. The minimum absolute atomic E-state index is 0. The Bertz CT molecular complexity index is 360. The van der Waals surface area contributed by atoms with Crippen LogP contribution in [-0.2, 0) is 9.59 Å². The molecule has 1 aliphatic rings. The number of aliphatic carboxylic acids is 1. The van der Waals surface area contributed by atoms with Gasteiger partial charge in [-0.25, -0.2) is 0 Å². The molecule has 0 radical (unpaired) electrons. The van der Waals surface area contributed by atoms with E-state index >= 15 is 0 Å². The Labute approximate surface area is 146 Å². The van der Waals surface area contributed by atoms with Crippen molar-refractivity contribution in [3.05, 3.63) is 0 Å². The van der Waals surface area contributed by atoms with E-state index < -0.39 is 5.97 Å². The van der Waals surface area contributed by atoms with Crippen molar-refractivity contribution in [1.29, 1.82) is 0 Å². The summed E-state index contributed by atoms with van der Waals surface area (Å²) in [5.41, 5.74) is 0. The Balaban J connectivity index is 0.00000484. The number of halogens is 1. The zero-order chi connectivity index (χ0) is 16.5. The van der Waals surface area contributed by atoms with E-state index in [2.05, 4.69) is 17.1 Å². The van der Waals surface area contributed by atoms with Gasteiger partial charge in [0.2, 0.25) is 5.91 Å². The van der Waals surface area contributed by atoms with Crippen molar-refractivity contribution in [3.63, 3.8) is 0 Å². The van der Waals surface area contributed by atoms with E-state index in [4.69, 9.17) is 5.11 Å². The van der Waals surface area contributed by atoms with Crippen LogP contribution in [0.4, 0.5) is 0 Å². The summed E-state index contributed by atoms with van der Waals surface area (Å²) in [5.74, 6) is -0.682. The van der Waals surface area contributed by atoms with Gasteiger partial charge in [0, 0.05) is 25.7 Å². The van der Waals surface area contributed by atoms with E-state index in [1.165, 1.54) is 0 Å². The minimum atomic E-state index is -0.787. The van der Waals surface area contributed by atoms with Crippen molar-refractivity contribution in [3.8, 4) is 0 Å². The lowest BCUT2D eigenvalue weighted by molar-refractivity contribution is -0.138. The van der Waals surface area contributed by atoms with Gasteiger partial charge in [-0.15, -0.1) is 12.4 Å². The Hall–Kier alpha value is -0.850. The van der Waals surface area contributed by atoms with Crippen LogP contribution in [-0.4, -0.2) is 72.1 Å². The average molecular weight is 350 g/mol. The Morgan fingerprint density at radius 2 is 1.91 bits per heavy atom. The van der Waals surface area contributed by atoms with Gasteiger partial charge >= 0.3 is 5.97 Å². The van der Waals surface area contributed by atoms with Crippen molar-refractivity contribution >= 4 is 24.3 Å². The summed E-state index contributed by atoms with van der Waals surface area (Å²) in [6.45, 7) is 6.63. The summed E-state index contributed by atoms with van der Waals surface area (Å²) < 4.78 is 0. The van der Waals surface area contributed by atoms with Crippen LogP contribution in [0.5, 0.6) is 0 Å². The maximum absolute atomic E-state index is 12.1. The van der Waals surface area contributed by atoms with Crippen molar-refractivity contribution in [2.45, 2.75) is 58.0 Å². The molecule has 1 amide bonds. The van der Waals surface area contributed by atoms with Crippen molar-refractivity contribution in [2.24, 2.45) is 0 Å². The van der Waals surface area contributed by atoms with Gasteiger partial charge in [-0.3, -0.25) is 19.4 Å². The van der Waals surface area contributed by atoms with Gasteiger partial charge in [0.25, 0.3) is 0 Å². The van der Waals surface area contributed by atoms with Crippen LogP contribution in [0.2, 0.25) is 0 Å². The number of hydrogen-bond donors (Lipinski definition) is 2. The third-order valence-electron chi connectivity index (χ3n) is 4.51. The fourth-order valence-electron chi connectivity index (χ4n) is 2.96. The predicted octanol–water partition coefficient (Wildman–Crippen LogP) is 1.58. The molecular formula is C16H32ClN3O3. The van der Waals surface area contributed by atoms with E-state index in [-0.39, 0.29) is 30.9 Å². The first-order chi connectivity index (χ1) is 10.5. The minimum Gasteiger partial charge on any atom is -0.480 e. The standard InChI is InChI=1S/C16H31N3O3.ClH/c1-4-5-6-9-17-16(22)13(2)19-10-7-14(8-11-19)18(3)12-15(20)21;/h13-14H,4-12H2,1-3H3,(H,17,22)(H,20,21);1H. The van der Waals surface area contributed by atoms with Gasteiger partial charge in [-0.1, -0.05) is 19.8 Å². The number of nitrogens with zero attached hydrogens (tertiary/aromatic N) is 2. The number of rotatable bonds is 9. The average Bonchev–Trinajstić information content (AvgIpc) is 2.50. The van der Waals surface area contributed by atoms with E-state index in [1.54, 1.807) is 0 Å². The summed E-state index contributed by atoms with van der Waals surface area (Å²) in [6.07, 6.45) is 5.17. The molecule has 7 heteroatoms. The van der Waals surface area contributed by atoms with E-state index in [0.29, 0.717) is 6.04 Å². The summed E-state index contributed by atoms with van der Waals surface area (Å²) in [6, 6.07) is 0.194.